The van der Waals surface area contributed by atoms with Crippen LogP contribution in [-0.2, 0) is 10.0 Å². The number of carbonyl (C=O) groups excluding carboxylic acids is 1. The summed E-state index contributed by atoms with van der Waals surface area (Å²) in [7, 11) is -2.84. The van der Waals surface area contributed by atoms with E-state index in [0.717, 1.165) is 16.4 Å². The third-order valence-electron chi connectivity index (χ3n) is 4.60. The first kappa shape index (κ1) is 22.3. The van der Waals surface area contributed by atoms with Gasteiger partial charge in [-0.15, -0.1) is 0 Å². The fourth-order valence-electron chi connectivity index (χ4n) is 2.91. The maximum atomic E-state index is 13.0. The van der Waals surface area contributed by atoms with Crippen molar-refractivity contribution >= 4 is 33.3 Å². The molecule has 3 aromatic rings. The number of carboxylic acid groups (broad SMARTS) is 1. The number of carboxylic acids is 1. The fraction of sp³-hybridized carbons (Fsp3) is 0.0455. The Morgan fingerprint density at radius 3 is 2.41 bits per heavy atom. The van der Waals surface area contributed by atoms with E-state index in [1.54, 1.807) is 12.1 Å². The first-order valence-corrected chi connectivity index (χ1v) is 10.5. The highest BCUT2D eigenvalue weighted by molar-refractivity contribution is 7.92. The van der Waals surface area contributed by atoms with Crippen molar-refractivity contribution in [2.75, 3.05) is 16.7 Å². The van der Waals surface area contributed by atoms with Gasteiger partial charge in [0.15, 0.2) is 0 Å². The number of benzene rings is 3. The third-order valence-corrected chi connectivity index (χ3v) is 6.37. The number of carbonyl (C=O) groups is 2. The summed E-state index contributed by atoms with van der Waals surface area (Å²) in [5.41, 5.74) is -0.175. The van der Waals surface area contributed by atoms with E-state index < -0.39 is 21.9 Å². The minimum absolute atomic E-state index is 0.0301. The van der Waals surface area contributed by atoms with Gasteiger partial charge in [-0.05, 0) is 48.5 Å². The van der Waals surface area contributed by atoms with Crippen LogP contribution in [-0.4, -0.2) is 37.6 Å². The molecule has 3 aromatic carbocycles. The van der Waals surface area contributed by atoms with Crippen molar-refractivity contribution in [1.82, 2.24) is 0 Å². The lowest BCUT2D eigenvalue weighted by molar-refractivity contribution is 0.0698. The van der Waals surface area contributed by atoms with E-state index in [1.807, 2.05) is 6.07 Å². The van der Waals surface area contributed by atoms with Crippen molar-refractivity contribution < 1.29 is 28.2 Å². The molecular weight excluding hydrogens is 434 g/mol. The Morgan fingerprint density at radius 2 is 1.75 bits per heavy atom. The molecule has 162 valence electrons. The molecule has 10 heteroatoms. The molecule has 0 aliphatic rings. The number of rotatable bonds is 6. The Labute approximate surface area is 183 Å². The topological polar surface area (TPSA) is 148 Å². The second-order valence-electron chi connectivity index (χ2n) is 6.62. The molecule has 0 saturated heterocycles. The molecule has 3 N–H and O–H groups in total. The molecule has 0 bridgehead atoms. The maximum Gasteiger partial charge on any atom is 0.337 e. The van der Waals surface area contributed by atoms with Crippen LogP contribution in [0.2, 0.25) is 0 Å². The summed E-state index contributed by atoms with van der Waals surface area (Å²) in [4.78, 5) is 24.0. The van der Waals surface area contributed by atoms with E-state index in [9.17, 15) is 28.2 Å². The van der Waals surface area contributed by atoms with Gasteiger partial charge < -0.3 is 15.5 Å². The van der Waals surface area contributed by atoms with Crippen LogP contribution in [0.4, 0.5) is 11.4 Å². The van der Waals surface area contributed by atoms with Gasteiger partial charge in [-0.2, -0.15) is 5.26 Å². The van der Waals surface area contributed by atoms with Crippen LogP contribution in [0.25, 0.3) is 0 Å². The van der Waals surface area contributed by atoms with E-state index in [1.165, 1.54) is 49.5 Å². The summed E-state index contributed by atoms with van der Waals surface area (Å²) in [6.45, 7) is 0. The highest BCUT2D eigenvalue weighted by atomic mass is 32.2. The van der Waals surface area contributed by atoms with Crippen LogP contribution in [0.1, 0.15) is 26.3 Å². The molecule has 3 rings (SSSR count). The Morgan fingerprint density at radius 1 is 1.03 bits per heavy atom. The highest BCUT2D eigenvalue weighted by Gasteiger charge is 2.24. The van der Waals surface area contributed by atoms with Gasteiger partial charge in [0, 0.05) is 12.6 Å². The van der Waals surface area contributed by atoms with Crippen LogP contribution in [0.3, 0.4) is 0 Å². The molecule has 0 spiro atoms. The summed E-state index contributed by atoms with van der Waals surface area (Å²) in [6.07, 6.45) is 0. The number of sulfonamides is 1. The van der Waals surface area contributed by atoms with Gasteiger partial charge in [0.05, 0.1) is 33.5 Å². The Balaban J connectivity index is 1.93. The van der Waals surface area contributed by atoms with E-state index in [2.05, 4.69) is 5.32 Å². The summed E-state index contributed by atoms with van der Waals surface area (Å²) in [5, 5.41) is 30.7. The molecule has 0 atom stereocenters. The number of aromatic hydroxyl groups is 1. The molecule has 0 heterocycles. The summed E-state index contributed by atoms with van der Waals surface area (Å²) < 4.78 is 26.9. The van der Waals surface area contributed by atoms with Crippen LogP contribution in [0, 0.1) is 11.3 Å². The molecule has 0 saturated carbocycles. The fourth-order valence-corrected chi connectivity index (χ4v) is 4.17. The molecule has 0 radical (unpaired) electrons. The molecule has 0 unspecified atom stereocenters. The standard InChI is InChI=1S/C22H17N3O6S/c1-25(19-7-2-3-8-20(19)26)32(30,31)16-6-4-5-15(12-16)21(27)24-18-10-9-14(13-23)11-17(18)22(28)29/h2-12,26H,1H3,(H,24,27)(H,28,29). The minimum Gasteiger partial charge on any atom is -0.506 e. The van der Waals surface area contributed by atoms with Gasteiger partial charge in [0.2, 0.25) is 0 Å². The number of para-hydroxylation sites is 2. The van der Waals surface area contributed by atoms with Crippen LogP contribution >= 0.6 is 0 Å². The van der Waals surface area contributed by atoms with Gasteiger partial charge in [0.25, 0.3) is 15.9 Å². The second-order valence-corrected chi connectivity index (χ2v) is 8.59. The van der Waals surface area contributed by atoms with E-state index in [4.69, 9.17) is 5.26 Å². The average Bonchev–Trinajstić information content (AvgIpc) is 2.79. The average molecular weight is 451 g/mol. The van der Waals surface area contributed by atoms with Gasteiger partial charge >= 0.3 is 5.97 Å². The lowest BCUT2D eigenvalue weighted by Gasteiger charge is -2.20. The lowest BCUT2D eigenvalue weighted by Crippen LogP contribution is -2.27. The van der Waals surface area contributed by atoms with E-state index >= 15 is 0 Å². The molecule has 0 aromatic heterocycles. The molecular formula is C22H17N3O6S. The Bertz CT molecular complexity index is 1360. The molecule has 1 amide bonds. The van der Waals surface area contributed by atoms with Crippen molar-refractivity contribution in [2.24, 2.45) is 0 Å². The van der Waals surface area contributed by atoms with Crippen molar-refractivity contribution in [2.45, 2.75) is 4.90 Å². The summed E-state index contributed by atoms with van der Waals surface area (Å²) in [5.74, 6) is -2.30. The molecule has 0 aliphatic carbocycles. The number of aromatic carboxylic acids is 1. The van der Waals surface area contributed by atoms with Crippen LogP contribution < -0.4 is 9.62 Å². The number of hydrogen-bond acceptors (Lipinski definition) is 6. The Hall–Kier alpha value is -4.36. The number of phenolic OH excluding ortho intramolecular Hbond substituents is 1. The number of anilines is 2. The predicted molar refractivity (Wildman–Crippen MR) is 116 cm³/mol. The number of amides is 1. The van der Waals surface area contributed by atoms with Gasteiger partial charge in [-0.1, -0.05) is 18.2 Å². The van der Waals surface area contributed by atoms with Crippen LogP contribution in [0.15, 0.2) is 71.6 Å². The summed E-state index contributed by atoms with van der Waals surface area (Å²) in [6, 6.07) is 16.7. The highest BCUT2D eigenvalue weighted by Crippen LogP contribution is 2.30. The number of nitrogens with one attached hydrogen (secondary N) is 1. The monoisotopic (exact) mass is 451 g/mol. The number of hydrogen-bond donors (Lipinski definition) is 3. The molecule has 0 fully saturated rings. The number of nitriles is 1. The van der Waals surface area contributed by atoms with E-state index in [0.29, 0.717) is 0 Å². The van der Waals surface area contributed by atoms with Crippen molar-refractivity contribution in [3.05, 3.63) is 83.4 Å². The molecule has 0 aliphatic heterocycles. The quantitative estimate of drug-likeness (QED) is 0.522. The van der Waals surface area contributed by atoms with Crippen molar-refractivity contribution in [3.63, 3.8) is 0 Å². The lowest BCUT2D eigenvalue weighted by atomic mass is 10.1. The number of phenols is 1. The zero-order valence-electron chi connectivity index (χ0n) is 16.7. The largest absolute Gasteiger partial charge is 0.506 e. The first-order chi connectivity index (χ1) is 15.1. The third kappa shape index (κ3) is 4.38. The molecule has 32 heavy (non-hydrogen) atoms. The number of nitrogens with zero attached hydrogens (tertiary/aromatic N) is 2. The predicted octanol–water partition coefficient (Wildman–Crippen LogP) is 3.04. The zero-order valence-corrected chi connectivity index (χ0v) is 17.5. The molecule has 9 nitrogen and oxygen atoms in total. The normalized spacial score (nSPS) is 10.8. The van der Waals surface area contributed by atoms with E-state index in [-0.39, 0.29) is 38.7 Å². The smallest absolute Gasteiger partial charge is 0.337 e. The maximum absolute atomic E-state index is 13.0. The second kappa shape index (κ2) is 8.79. The Kier molecular flexibility index (Phi) is 6.13. The zero-order chi connectivity index (χ0) is 23.5. The minimum atomic E-state index is -4.11. The van der Waals surface area contributed by atoms with Gasteiger partial charge in [-0.3, -0.25) is 9.10 Å². The van der Waals surface area contributed by atoms with Crippen LogP contribution in [0.5, 0.6) is 5.75 Å². The van der Waals surface area contributed by atoms with Crippen molar-refractivity contribution in [3.8, 4) is 11.8 Å². The van der Waals surface area contributed by atoms with Crippen molar-refractivity contribution in [1.29, 1.82) is 5.26 Å². The first-order valence-electron chi connectivity index (χ1n) is 9.11. The van der Waals surface area contributed by atoms with Gasteiger partial charge in [-0.25, -0.2) is 13.2 Å². The SMILES string of the molecule is CN(c1ccccc1O)S(=O)(=O)c1cccc(C(=O)Nc2ccc(C#N)cc2C(=O)O)c1. The summed E-state index contributed by atoms with van der Waals surface area (Å²) >= 11 is 0. The van der Waals surface area contributed by atoms with Gasteiger partial charge in [0.1, 0.15) is 5.75 Å².